The highest BCUT2D eigenvalue weighted by molar-refractivity contribution is 7.80. The smallest absolute Gasteiger partial charge is 0.169 e. The highest BCUT2D eigenvalue weighted by Crippen LogP contribution is 2.11. The Kier molecular flexibility index (Phi) is 6.29. The van der Waals surface area contributed by atoms with Crippen LogP contribution in [-0.4, -0.2) is 41.1 Å². The third-order valence-electron chi connectivity index (χ3n) is 4.54. The fourth-order valence-electron chi connectivity index (χ4n) is 2.95. The van der Waals surface area contributed by atoms with E-state index in [-0.39, 0.29) is 0 Å². The third-order valence-corrected chi connectivity index (χ3v) is 5.20. The fourth-order valence-corrected chi connectivity index (χ4v) is 3.33. The molecule has 1 aliphatic rings. The summed E-state index contributed by atoms with van der Waals surface area (Å²) in [6.45, 7) is 7.89. The molecule has 0 atom stereocenters. The topological polar surface area (TPSA) is 18.5 Å². The molecule has 1 saturated heterocycles. The Morgan fingerprint density at radius 2 is 1.56 bits per heavy atom. The van der Waals surface area contributed by atoms with Crippen molar-refractivity contribution in [3.63, 3.8) is 0 Å². The van der Waals surface area contributed by atoms with E-state index in [9.17, 15) is 0 Å². The summed E-state index contributed by atoms with van der Waals surface area (Å²) in [5.74, 6) is 0. The van der Waals surface area contributed by atoms with Crippen LogP contribution in [0.2, 0.25) is 5.02 Å². The predicted molar refractivity (Wildman–Crippen MR) is 109 cm³/mol. The predicted octanol–water partition coefficient (Wildman–Crippen LogP) is 3.84. The van der Waals surface area contributed by atoms with Crippen LogP contribution in [0.5, 0.6) is 0 Å². The lowest BCUT2D eigenvalue weighted by Gasteiger charge is -2.36. The number of rotatable bonds is 4. The van der Waals surface area contributed by atoms with Crippen LogP contribution in [0, 0.1) is 6.92 Å². The number of thiocarbonyl (C=S) groups is 1. The van der Waals surface area contributed by atoms with Crippen LogP contribution in [0.15, 0.2) is 48.5 Å². The van der Waals surface area contributed by atoms with E-state index in [4.69, 9.17) is 23.8 Å². The number of aryl methyl sites for hydroxylation is 1. The number of hydrogen-bond acceptors (Lipinski definition) is 2. The molecule has 0 radical (unpaired) electrons. The van der Waals surface area contributed by atoms with Gasteiger partial charge in [0.15, 0.2) is 5.11 Å². The molecule has 1 aliphatic heterocycles. The first-order chi connectivity index (χ1) is 12.1. The van der Waals surface area contributed by atoms with E-state index in [1.54, 1.807) is 0 Å². The van der Waals surface area contributed by atoms with E-state index in [0.29, 0.717) is 0 Å². The normalized spacial score (nSPS) is 15.2. The number of halogens is 1. The molecule has 2 aromatic carbocycles. The second-order valence-electron chi connectivity index (χ2n) is 6.53. The summed E-state index contributed by atoms with van der Waals surface area (Å²) < 4.78 is 0. The van der Waals surface area contributed by atoms with Crippen LogP contribution in [0.1, 0.15) is 16.7 Å². The minimum absolute atomic E-state index is 0.736. The Labute approximate surface area is 160 Å². The average molecular weight is 374 g/mol. The van der Waals surface area contributed by atoms with E-state index in [1.165, 1.54) is 16.7 Å². The van der Waals surface area contributed by atoms with Gasteiger partial charge in [-0.2, -0.15) is 0 Å². The van der Waals surface area contributed by atoms with Crippen LogP contribution >= 0.6 is 23.8 Å². The molecule has 3 rings (SSSR count). The largest absolute Gasteiger partial charge is 0.358 e. The van der Waals surface area contributed by atoms with Crippen molar-refractivity contribution in [3.8, 4) is 0 Å². The van der Waals surface area contributed by atoms with Crippen molar-refractivity contribution in [2.75, 3.05) is 26.2 Å². The molecule has 132 valence electrons. The summed E-state index contributed by atoms with van der Waals surface area (Å²) in [5, 5.41) is 4.95. The van der Waals surface area contributed by atoms with Gasteiger partial charge < -0.3 is 10.2 Å². The van der Waals surface area contributed by atoms with Gasteiger partial charge in [-0.1, -0.05) is 53.6 Å². The highest BCUT2D eigenvalue weighted by atomic mass is 35.5. The molecular weight excluding hydrogens is 350 g/mol. The number of nitrogens with zero attached hydrogens (tertiary/aromatic N) is 2. The molecule has 3 nitrogen and oxygen atoms in total. The van der Waals surface area contributed by atoms with Gasteiger partial charge in [-0.3, -0.25) is 4.90 Å². The molecule has 2 aromatic rings. The summed E-state index contributed by atoms with van der Waals surface area (Å²) in [6.07, 6.45) is 0. The van der Waals surface area contributed by atoms with E-state index in [2.05, 4.69) is 46.3 Å². The van der Waals surface area contributed by atoms with Crippen molar-refractivity contribution in [2.45, 2.75) is 20.0 Å². The van der Waals surface area contributed by atoms with Gasteiger partial charge in [-0.25, -0.2) is 0 Å². The molecule has 0 unspecified atom stereocenters. The van der Waals surface area contributed by atoms with Crippen LogP contribution < -0.4 is 5.32 Å². The summed E-state index contributed by atoms with van der Waals surface area (Å²) in [7, 11) is 0. The molecular formula is C20H24ClN3S. The number of piperazine rings is 1. The first-order valence-corrected chi connectivity index (χ1v) is 9.44. The lowest BCUT2D eigenvalue weighted by atomic mass is 10.1. The Morgan fingerprint density at radius 3 is 2.20 bits per heavy atom. The van der Waals surface area contributed by atoms with Gasteiger partial charge >= 0.3 is 0 Å². The van der Waals surface area contributed by atoms with Crippen molar-refractivity contribution in [1.82, 2.24) is 15.1 Å². The molecule has 0 saturated carbocycles. The lowest BCUT2D eigenvalue weighted by Crippen LogP contribution is -2.51. The second kappa shape index (κ2) is 8.65. The lowest BCUT2D eigenvalue weighted by molar-refractivity contribution is 0.174. The molecule has 1 fully saturated rings. The van der Waals surface area contributed by atoms with Gasteiger partial charge in [0, 0.05) is 44.3 Å². The molecule has 5 heteroatoms. The van der Waals surface area contributed by atoms with Crippen LogP contribution in [-0.2, 0) is 13.1 Å². The van der Waals surface area contributed by atoms with Gasteiger partial charge in [-0.05, 0) is 42.4 Å². The number of benzene rings is 2. The first-order valence-electron chi connectivity index (χ1n) is 8.65. The zero-order valence-corrected chi connectivity index (χ0v) is 16.1. The minimum atomic E-state index is 0.736. The van der Waals surface area contributed by atoms with Crippen molar-refractivity contribution in [1.29, 1.82) is 0 Å². The quantitative estimate of drug-likeness (QED) is 0.820. The van der Waals surface area contributed by atoms with Gasteiger partial charge in [0.05, 0.1) is 0 Å². The van der Waals surface area contributed by atoms with E-state index < -0.39 is 0 Å². The van der Waals surface area contributed by atoms with Crippen LogP contribution in [0.25, 0.3) is 0 Å². The molecule has 1 N–H and O–H groups in total. The van der Waals surface area contributed by atoms with Crippen molar-refractivity contribution >= 4 is 28.9 Å². The first kappa shape index (κ1) is 18.2. The standard InChI is InChI=1S/C20H24ClN3S/c1-16-2-4-18(5-3-16)15-23-10-12-24(13-11-23)20(25)22-14-17-6-8-19(21)9-7-17/h2-9H,10-15H2,1H3,(H,22,25). The molecule has 0 spiro atoms. The summed E-state index contributed by atoms with van der Waals surface area (Å²) in [6, 6.07) is 16.7. The molecule has 0 bridgehead atoms. The van der Waals surface area contributed by atoms with Gasteiger partial charge in [0.1, 0.15) is 0 Å². The Balaban J connectivity index is 1.42. The maximum absolute atomic E-state index is 5.92. The Bertz CT molecular complexity index is 692. The number of hydrogen-bond donors (Lipinski definition) is 1. The molecule has 0 aromatic heterocycles. The van der Waals surface area contributed by atoms with Crippen LogP contribution in [0.4, 0.5) is 0 Å². The second-order valence-corrected chi connectivity index (χ2v) is 7.36. The summed E-state index contributed by atoms with van der Waals surface area (Å²) in [4.78, 5) is 4.75. The Morgan fingerprint density at radius 1 is 0.960 bits per heavy atom. The fraction of sp³-hybridized carbons (Fsp3) is 0.350. The van der Waals surface area contributed by atoms with Crippen LogP contribution in [0.3, 0.4) is 0 Å². The van der Waals surface area contributed by atoms with Gasteiger partial charge in [0.25, 0.3) is 0 Å². The molecule has 0 amide bonds. The van der Waals surface area contributed by atoms with E-state index in [1.807, 2.05) is 24.3 Å². The highest BCUT2D eigenvalue weighted by Gasteiger charge is 2.18. The maximum Gasteiger partial charge on any atom is 0.169 e. The van der Waals surface area contributed by atoms with Crippen molar-refractivity contribution in [3.05, 3.63) is 70.2 Å². The maximum atomic E-state index is 5.92. The minimum Gasteiger partial charge on any atom is -0.358 e. The zero-order valence-electron chi connectivity index (χ0n) is 14.5. The number of nitrogens with one attached hydrogen (secondary N) is 1. The van der Waals surface area contributed by atoms with Gasteiger partial charge in [0.2, 0.25) is 0 Å². The van der Waals surface area contributed by atoms with Gasteiger partial charge in [-0.15, -0.1) is 0 Å². The van der Waals surface area contributed by atoms with E-state index in [0.717, 1.165) is 49.4 Å². The molecule has 1 heterocycles. The SMILES string of the molecule is Cc1ccc(CN2CCN(C(=S)NCc3ccc(Cl)cc3)CC2)cc1. The zero-order chi connectivity index (χ0) is 17.6. The monoisotopic (exact) mass is 373 g/mol. The van der Waals surface area contributed by atoms with Crippen molar-refractivity contribution in [2.24, 2.45) is 0 Å². The molecule has 0 aliphatic carbocycles. The summed E-state index contributed by atoms with van der Waals surface area (Å²) >= 11 is 11.5. The van der Waals surface area contributed by atoms with E-state index >= 15 is 0 Å². The summed E-state index contributed by atoms with van der Waals surface area (Å²) in [5.41, 5.74) is 3.87. The average Bonchev–Trinajstić information content (AvgIpc) is 2.63. The molecule has 25 heavy (non-hydrogen) atoms. The third kappa shape index (κ3) is 5.43. The Hall–Kier alpha value is -1.62. The van der Waals surface area contributed by atoms with Crippen molar-refractivity contribution < 1.29 is 0 Å².